The van der Waals surface area contributed by atoms with Crippen LogP contribution in [0.2, 0.25) is 0 Å². The number of guanidine groups is 1. The van der Waals surface area contributed by atoms with E-state index in [1.165, 1.54) is 12.8 Å². The molecule has 1 saturated carbocycles. The Balaban J connectivity index is 0.00000363. The summed E-state index contributed by atoms with van der Waals surface area (Å²) < 4.78 is 0. The van der Waals surface area contributed by atoms with Gasteiger partial charge < -0.3 is 20.4 Å². The number of amides is 2. The van der Waals surface area contributed by atoms with Crippen molar-refractivity contribution in [2.45, 2.75) is 51.9 Å². The van der Waals surface area contributed by atoms with E-state index >= 15 is 0 Å². The number of piperidine rings is 1. The first-order chi connectivity index (χ1) is 15.1. The summed E-state index contributed by atoms with van der Waals surface area (Å²) in [7, 11) is 1.71. The third-order valence-electron chi connectivity index (χ3n) is 7.07. The molecular formula is C23H43IN6O2. The largest absolute Gasteiger partial charge is 0.359 e. The zero-order chi connectivity index (χ0) is 22.1. The molecule has 3 aliphatic rings. The molecule has 0 bridgehead atoms. The zero-order valence-electron chi connectivity index (χ0n) is 20.0. The minimum Gasteiger partial charge on any atom is -0.359 e. The highest BCUT2D eigenvalue weighted by atomic mass is 127. The molecule has 0 atom stereocenters. The van der Waals surface area contributed by atoms with Crippen LogP contribution in [0.25, 0.3) is 0 Å². The molecule has 0 radical (unpaired) electrons. The molecule has 9 heteroatoms. The molecule has 2 amide bonds. The number of rotatable bonds is 7. The summed E-state index contributed by atoms with van der Waals surface area (Å²) in [5, 5.41) is 6.17. The highest BCUT2D eigenvalue weighted by molar-refractivity contribution is 14.0. The number of carbonyl (C=O) groups excluding carboxylic acids is 2. The van der Waals surface area contributed by atoms with Crippen molar-refractivity contribution >= 4 is 41.8 Å². The maximum absolute atomic E-state index is 12.6. The Morgan fingerprint density at radius 1 is 0.938 bits per heavy atom. The number of carbonyl (C=O) groups is 2. The first-order valence-corrected chi connectivity index (χ1v) is 12.4. The number of likely N-dealkylation sites (tertiary alicyclic amines) is 1. The highest BCUT2D eigenvalue weighted by Crippen LogP contribution is 2.27. The van der Waals surface area contributed by atoms with Crippen LogP contribution >= 0.6 is 24.0 Å². The molecule has 8 nitrogen and oxygen atoms in total. The second kappa shape index (κ2) is 14.2. The smallest absolute Gasteiger partial charge is 0.225 e. The molecule has 184 valence electrons. The monoisotopic (exact) mass is 562 g/mol. The fourth-order valence-electron chi connectivity index (χ4n) is 5.06. The van der Waals surface area contributed by atoms with E-state index in [-0.39, 0.29) is 29.9 Å². The van der Waals surface area contributed by atoms with E-state index < -0.39 is 0 Å². The molecule has 2 saturated heterocycles. The van der Waals surface area contributed by atoms with E-state index in [9.17, 15) is 9.59 Å². The van der Waals surface area contributed by atoms with Crippen LogP contribution in [0.1, 0.15) is 51.9 Å². The molecule has 2 N–H and O–H groups in total. The first kappa shape index (κ1) is 27.1. The third kappa shape index (κ3) is 8.04. The van der Waals surface area contributed by atoms with Gasteiger partial charge in [-0.25, -0.2) is 0 Å². The van der Waals surface area contributed by atoms with Gasteiger partial charge in [0.05, 0.1) is 6.54 Å². The van der Waals surface area contributed by atoms with Gasteiger partial charge in [-0.15, -0.1) is 24.0 Å². The van der Waals surface area contributed by atoms with Crippen LogP contribution in [0.4, 0.5) is 0 Å². The van der Waals surface area contributed by atoms with Crippen molar-refractivity contribution in [3.63, 3.8) is 0 Å². The Morgan fingerprint density at radius 2 is 1.59 bits per heavy atom. The lowest BCUT2D eigenvalue weighted by molar-refractivity contribution is -0.137. The average molecular weight is 563 g/mol. The summed E-state index contributed by atoms with van der Waals surface area (Å²) in [5.41, 5.74) is 0. The van der Waals surface area contributed by atoms with E-state index in [1.54, 1.807) is 7.05 Å². The summed E-state index contributed by atoms with van der Waals surface area (Å²) >= 11 is 0. The van der Waals surface area contributed by atoms with Crippen LogP contribution in [0.5, 0.6) is 0 Å². The van der Waals surface area contributed by atoms with Gasteiger partial charge in [0.25, 0.3) is 0 Å². The number of nitrogens with zero attached hydrogens (tertiary/aromatic N) is 4. The van der Waals surface area contributed by atoms with Gasteiger partial charge in [0.2, 0.25) is 11.8 Å². The highest BCUT2D eigenvalue weighted by Gasteiger charge is 2.29. The fourth-order valence-corrected chi connectivity index (χ4v) is 5.06. The maximum Gasteiger partial charge on any atom is 0.225 e. The van der Waals surface area contributed by atoms with E-state index in [1.807, 2.05) is 0 Å². The summed E-state index contributed by atoms with van der Waals surface area (Å²) in [5.74, 6) is 2.30. The van der Waals surface area contributed by atoms with Crippen LogP contribution in [0.15, 0.2) is 4.99 Å². The number of hydrogen-bond donors (Lipinski definition) is 2. The summed E-state index contributed by atoms with van der Waals surface area (Å²) in [6, 6.07) is 0. The van der Waals surface area contributed by atoms with Crippen molar-refractivity contribution in [3.8, 4) is 0 Å². The lowest BCUT2D eigenvalue weighted by Crippen LogP contribution is -2.50. The summed E-state index contributed by atoms with van der Waals surface area (Å²) in [6.45, 7) is 10.2. The Hall–Kier alpha value is -1.10. The van der Waals surface area contributed by atoms with Crippen LogP contribution in [-0.2, 0) is 9.59 Å². The number of aliphatic imine (C=N–C) groups is 1. The molecule has 0 spiro atoms. The summed E-state index contributed by atoms with van der Waals surface area (Å²) in [6.07, 6.45) is 7.31. The summed E-state index contributed by atoms with van der Waals surface area (Å²) in [4.78, 5) is 36.0. The van der Waals surface area contributed by atoms with Gasteiger partial charge >= 0.3 is 0 Å². The van der Waals surface area contributed by atoms with Crippen LogP contribution in [0, 0.1) is 11.8 Å². The van der Waals surface area contributed by atoms with Crippen molar-refractivity contribution in [2.75, 3.05) is 66.0 Å². The van der Waals surface area contributed by atoms with E-state index in [0.717, 1.165) is 90.5 Å². The number of piperazine rings is 1. The average Bonchev–Trinajstić information content (AvgIpc) is 3.34. The topological polar surface area (TPSA) is 80.3 Å². The Kier molecular flexibility index (Phi) is 12.1. The number of hydrogen-bond acceptors (Lipinski definition) is 4. The van der Waals surface area contributed by atoms with Gasteiger partial charge in [-0.1, -0.05) is 12.8 Å². The first-order valence-electron chi connectivity index (χ1n) is 12.4. The second-order valence-corrected chi connectivity index (χ2v) is 9.19. The molecule has 0 aromatic heterocycles. The standard InChI is InChI=1S/C23H42N6O2.HI/c1-3-25-23(29-11-8-19(9-12-29)18-21(30)24-2)26-10-13-27-14-16-28(17-15-27)22(31)20-6-4-5-7-20;/h19-20H,3-18H2,1-2H3,(H,24,30)(H,25,26);1H. The molecule has 3 rings (SSSR count). The van der Waals surface area contributed by atoms with Gasteiger partial charge in [-0.3, -0.25) is 19.5 Å². The minimum atomic E-state index is 0. The molecule has 1 aliphatic carbocycles. The van der Waals surface area contributed by atoms with Gasteiger partial charge in [0.15, 0.2) is 5.96 Å². The maximum atomic E-state index is 12.6. The van der Waals surface area contributed by atoms with Gasteiger partial charge in [0, 0.05) is 71.7 Å². The minimum absolute atomic E-state index is 0. The third-order valence-corrected chi connectivity index (χ3v) is 7.07. The molecule has 0 aromatic carbocycles. The van der Waals surface area contributed by atoms with E-state index in [4.69, 9.17) is 4.99 Å². The quantitative estimate of drug-likeness (QED) is 0.281. The van der Waals surface area contributed by atoms with Crippen LogP contribution in [-0.4, -0.2) is 98.4 Å². The molecule has 2 heterocycles. The Labute approximate surface area is 210 Å². The van der Waals surface area contributed by atoms with Crippen molar-refractivity contribution in [1.82, 2.24) is 25.3 Å². The molecule has 3 fully saturated rings. The van der Waals surface area contributed by atoms with Gasteiger partial charge in [-0.05, 0) is 38.5 Å². The second-order valence-electron chi connectivity index (χ2n) is 9.19. The lowest BCUT2D eigenvalue weighted by Gasteiger charge is -2.36. The van der Waals surface area contributed by atoms with Gasteiger partial charge in [-0.2, -0.15) is 0 Å². The fraction of sp³-hybridized carbons (Fsp3) is 0.870. The van der Waals surface area contributed by atoms with E-state index in [0.29, 0.717) is 24.2 Å². The van der Waals surface area contributed by atoms with Crippen LogP contribution < -0.4 is 10.6 Å². The van der Waals surface area contributed by atoms with Crippen LogP contribution in [0.3, 0.4) is 0 Å². The van der Waals surface area contributed by atoms with Crippen molar-refractivity contribution in [2.24, 2.45) is 16.8 Å². The molecular weight excluding hydrogens is 519 g/mol. The van der Waals surface area contributed by atoms with Crippen molar-refractivity contribution in [1.29, 1.82) is 0 Å². The van der Waals surface area contributed by atoms with Crippen molar-refractivity contribution < 1.29 is 9.59 Å². The predicted molar refractivity (Wildman–Crippen MR) is 139 cm³/mol. The Bertz CT molecular complexity index is 610. The van der Waals surface area contributed by atoms with Gasteiger partial charge in [0.1, 0.15) is 0 Å². The predicted octanol–water partition coefficient (Wildman–Crippen LogP) is 1.75. The Morgan fingerprint density at radius 3 is 2.19 bits per heavy atom. The normalized spacial score (nSPS) is 21.4. The molecule has 0 aromatic rings. The molecule has 0 unspecified atom stereocenters. The van der Waals surface area contributed by atoms with Crippen molar-refractivity contribution in [3.05, 3.63) is 0 Å². The SMILES string of the molecule is CCNC(=NCCN1CCN(C(=O)C2CCCC2)CC1)N1CCC(CC(=O)NC)CC1.I. The molecule has 2 aliphatic heterocycles. The lowest BCUT2D eigenvalue weighted by atomic mass is 9.93. The number of nitrogens with one attached hydrogen (secondary N) is 2. The molecule has 32 heavy (non-hydrogen) atoms. The van der Waals surface area contributed by atoms with E-state index in [2.05, 4.69) is 32.3 Å². The number of halogens is 1. The zero-order valence-corrected chi connectivity index (χ0v) is 22.3.